The molecular weight excluding hydrogens is 282 g/mol. The smallest absolute Gasteiger partial charge is 0.246 e. The molecular formula is C15H25N5O2. The minimum Gasteiger partial charge on any atom is -0.376 e. The summed E-state index contributed by atoms with van der Waals surface area (Å²) in [6.07, 6.45) is 6.19. The first-order valence-corrected chi connectivity index (χ1v) is 8.49. The molecule has 0 amide bonds. The van der Waals surface area contributed by atoms with E-state index >= 15 is 0 Å². The molecule has 1 aromatic rings. The molecule has 7 nitrogen and oxygen atoms in total. The molecule has 1 aromatic heterocycles. The Morgan fingerprint density at radius 1 is 1.23 bits per heavy atom. The fourth-order valence-electron chi connectivity index (χ4n) is 4.33. The van der Waals surface area contributed by atoms with Crippen LogP contribution in [0, 0.1) is 0 Å². The van der Waals surface area contributed by atoms with Gasteiger partial charge in [0.15, 0.2) is 0 Å². The minimum absolute atomic E-state index is 0.00619. The number of hydrogen-bond acceptors (Lipinski definition) is 6. The number of aromatic nitrogens is 4. The number of ether oxygens (including phenoxy) is 2. The summed E-state index contributed by atoms with van der Waals surface area (Å²) in [6, 6.07) is 0.239. The first-order chi connectivity index (χ1) is 10.7. The molecule has 3 aliphatic rings. The van der Waals surface area contributed by atoms with E-state index in [9.17, 15) is 0 Å². The van der Waals surface area contributed by atoms with Crippen molar-refractivity contribution in [2.45, 2.75) is 69.8 Å². The van der Waals surface area contributed by atoms with Gasteiger partial charge in [0.1, 0.15) is 0 Å². The number of rotatable bonds is 2. The molecule has 1 unspecified atom stereocenters. The summed E-state index contributed by atoms with van der Waals surface area (Å²) in [5.41, 5.74) is 0.00619. The van der Waals surface area contributed by atoms with E-state index in [2.05, 4.69) is 34.3 Å². The Hall–Kier alpha value is -1.21. The van der Waals surface area contributed by atoms with Gasteiger partial charge in [-0.15, -0.1) is 0 Å². The molecule has 2 saturated heterocycles. The average Bonchev–Trinajstić information content (AvgIpc) is 3.18. The van der Waals surface area contributed by atoms with Gasteiger partial charge in [-0.05, 0) is 43.5 Å². The molecule has 0 aromatic carbocycles. The molecule has 3 heterocycles. The van der Waals surface area contributed by atoms with Gasteiger partial charge in [-0.25, -0.2) is 4.68 Å². The molecule has 2 aliphatic heterocycles. The Bertz CT molecular complexity index is 528. The Balaban J connectivity index is 1.60. The quantitative estimate of drug-likeness (QED) is 0.826. The van der Waals surface area contributed by atoms with Crippen LogP contribution in [0.15, 0.2) is 0 Å². The lowest BCUT2D eigenvalue weighted by Crippen LogP contribution is -2.54. The van der Waals surface area contributed by atoms with Gasteiger partial charge in [-0.1, -0.05) is 17.9 Å². The summed E-state index contributed by atoms with van der Waals surface area (Å²) in [5.74, 6) is 0.878. The van der Waals surface area contributed by atoms with Crippen molar-refractivity contribution in [2.24, 2.45) is 0 Å². The zero-order valence-corrected chi connectivity index (χ0v) is 13.4. The summed E-state index contributed by atoms with van der Waals surface area (Å²) in [6.45, 7) is 6.80. The number of morpholine rings is 1. The van der Waals surface area contributed by atoms with Gasteiger partial charge in [-0.3, -0.25) is 0 Å². The Morgan fingerprint density at radius 2 is 2.05 bits per heavy atom. The predicted molar refractivity (Wildman–Crippen MR) is 80.8 cm³/mol. The van der Waals surface area contributed by atoms with Crippen molar-refractivity contribution in [2.75, 3.05) is 24.6 Å². The van der Waals surface area contributed by atoms with Crippen LogP contribution < -0.4 is 4.90 Å². The second-order valence-electron chi connectivity index (χ2n) is 7.05. The van der Waals surface area contributed by atoms with Crippen molar-refractivity contribution in [3.8, 4) is 0 Å². The normalized spacial score (nSPS) is 34.6. The molecule has 0 N–H and O–H groups in total. The van der Waals surface area contributed by atoms with Crippen molar-refractivity contribution in [1.29, 1.82) is 0 Å². The van der Waals surface area contributed by atoms with E-state index in [0.29, 0.717) is 0 Å². The van der Waals surface area contributed by atoms with Crippen LogP contribution in [0.1, 0.15) is 52.0 Å². The van der Waals surface area contributed by atoms with E-state index in [1.807, 2.05) is 4.68 Å². The lowest BCUT2D eigenvalue weighted by molar-refractivity contribution is -0.0946. The lowest BCUT2D eigenvalue weighted by atomic mass is 9.98. The van der Waals surface area contributed by atoms with Gasteiger partial charge in [-0.2, -0.15) is 0 Å². The third-order valence-electron chi connectivity index (χ3n) is 5.33. The zero-order chi connectivity index (χ0) is 15.2. The highest BCUT2D eigenvalue weighted by atomic mass is 16.5. The fraction of sp³-hybridized carbons (Fsp3) is 0.933. The largest absolute Gasteiger partial charge is 0.376 e. The van der Waals surface area contributed by atoms with Crippen LogP contribution >= 0.6 is 0 Å². The Morgan fingerprint density at radius 3 is 2.77 bits per heavy atom. The maximum atomic E-state index is 6.31. The minimum atomic E-state index is 0.00619. The highest BCUT2D eigenvalue weighted by Gasteiger charge is 2.43. The number of anilines is 1. The molecule has 3 atom stereocenters. The predicted octanol–water partition coefficient (Wildman–Crippen LogP) is 1.56. The molecule has 0 radical (unpaired) electrons. The van der Waals surface area contributed by atoms with Crippen LogP contribution in [0.5, 0.6) is 0 Å². The summed E-state index contributed by atoms with van der Waals surface area (Å²) in [7, 11) is 0. The molecule has 1 saturated carbocycles. The fourth-order valence-corrected chi connectivity index (χ4v) is 4.33. The topological polar surface area (TPSA) is 65.3 Å². The molecule has 22 heavy (non-hydrogen) atoms. The van der Waals surface area contributed by atoms with Crippen LogP contribution in [0.4, 0.5) is 5.95 Å². The van der Waals surface area contributed by atoms with Crippen LogP contribution in [0.3, 0.4) is 0 Å². The number of tetrazole rings is 1. The summed E-state index contributed by atoms with van der Waals surface area (Å²) in [5, 5.41) is 12.5. The van der Waals surface area contributed by atoms with E-state index < -0.39 is 0 Å². The Labute approximate surface area is 130 Å². The van der Waals surface area contributed by atoms with Crippen molar-refractivity contribution < 1.29 is 9.47 Å². The van der Waals surface area contributed by atoms with E-state index in [1.165, 1.54) is 12.8 Å². The molecule has 1 aliphatic carbocycles. The second kappa shape index (κ2) is 5.45. The second-order valence-corrected chi connectivity index (χ2v) is 7.05. The summed E-state index contributed by atoms with van der Waals surface area (Å²) >= 11 is 0. The average molecular weight is 307 g/mol. The van der Waals surface area contributed by atoms with Crippen LogP contribution in [-0.2, 0) is 9.47 Å². The third kappa shape index (κ3) is 2.40. The van der Waals surface area contributed by atoms with Crippen LogP contribution in [0.2, 0.25) is 0 Å². The Kier molecular flexibility index (Phi) is 3.57. The standard InChI is InChI=1S/C15H25N5O2/c1-11-9-19(10-15(22-11)6-3-4-7-15)14-16-17-18-20(14)13-5-8-21-12(13)2/h11-13H,3-10H2,1-2H3/t11?,12-,13-/m1/s1. The van der Waals surface area contributed by atoms with Crippen molar-refractivity contribution in [3.63, 3.8) is 0 Å². The summed E-state index contributed by atoms with van der Waals surface area (Å²) < 4.78 is 14.0. The van der Waals surface area contributed by atoms with Crippen LogP contribution in [-0.4, -0.2) is 57.7 Å². The van der Waals surface area contributed by atoms with Gasteiger partial charge in [0.25, 0.3) is 0 Å². The van der Waals surface area contributed by atoms with Crippen molar-refractivity contribution in [3.05, 3.63) is 0 Å². The van der Waals surface area contributed by atoms with E-state index in [-0.39, 0.29) is 23.9 Å². The highest BCUT2D eigenvalue weighted by molar-refractivity contribution is 5.32. The van der Waals surface area contributed by atoms with Crippen LogP contribution in [0.25, 0.3) is 0 Å². The maximum absolute atomic E-state index is 6.31. The van der Waals surface area contributed by atoms with Gasteiger partial charge < -0.3 is 14.4 Å². The molecule has 3 fully saturated rings. The third-order valence-corrected chi connectivity index (χ3v) is 5.33. The van der Waals surface area contributed by atoms with Gasteiger partial charge in [0.05, 0.1) is 30.4 Å². The molecule has 0 bridgehead atoms. The number of nitrogens with zero attached hydrogens (tertiary/aromatic N) is 5. The van der Waals surface area contributed by atoms with Gasteiger partial charge in [0.2, 0.25) is 5.95 Å². The van der Waals surface area contributed by atoms with Crippen molar-refractivity contribution >= 4 is 5.95 Å². The maximum Gasteiger partial charge on any atom is 0.246 e. The highest BCUT2D eigenvalue weighted by Crippen LogP contribution is 2.39. The van der Waals surface area contributed by atoms with E-state index in [0.717, 1.165) is 44.9 Å². The molecule has 1 spiro atoms. The van der Waals surface area contributed by atoms with Gasteiger partial charge >= 0.3 is 0 Å². The zero-order valence-electron chi connectivity index (χ0n) is 13.4. The first-order valence-electron chi connectivity index (χ1n) is 8.49. The monoisotopic (exact) mass is 307 g/mol. The lowest BCUT2D eigenvalue weighted by Gasteiger charge is -2.44. The van der Waals surface area contributed by atoms with E-state index in [4.69, 9.17) is 9.47 Å². The van der Waals surface area contributed by atoms with Gasteiger partial charge in [0, 0.05) is 13.2 Å². The number of hydrogen-bond donors (Lipinski definition) is 0. The molecule has 122 valence electrons. The van der Waals surface area contributed by atoms with Crippen molar-refractivity contribution in [1.82, 2.24) is 20.2 Å². The van der Waals surface area contributed by atoms with E-state index in [1.54, 1.807) is 0 Å². The molecule has 4 rings (SSSR count). The first kappa shape index (κ1) is 14.4. The summed E-state index contributed by atoms with van der Waals surface area (Å²) in [4.78, 5) is 2.32. The molecule has 7 heteroatoms. The SMILES string of the molecule is CC1CN(c2nnnn2[C@@H]2CCO[C@@H]2C)CC2(CCCC2)O1.